The molecule has 54 heavy (non-hydrogen) atoms. The molecule has 16 heteroatoms. The Hall–Kier alpha value is -4.90. The molecule has 0 aliphatic carbocycles. The second-order valence-electron chi connectivity index (χ2n) is 12.4. The highest BCUT2D eigenvalue weighted by Gasteiger charge is 2.39. The van der Waals surface area contributed by atoms with E-state index in [0.717, 1.165) is 11.1 Å². The highest BCUT2D eigenvalue weighted by Crippen LogP contribution is 2.54. The lowest BCUT2D eigenvalue weighted by Gasteiger charge is -2.32. The molecule has 0 saturated carbocycles. The normalized spacial score (nSPS) is 14.0. The van der Waals surface area contributed by atoms with Crippen LogP contribution >= 0.6 is 0 Å². The van der Waals surface area contributed by atoms with Crippen LogP contribution in [0.1, 0.15) is 33.4 Å². The molecule has 0 atom stereocenters. The number of nitrogens with zero attached hydrogens (tertiary/aromatic N) is 2. The van der Waals surface area contributed by atoms with Crippen LogP contribution in [0.4, 0.5) is 0 Å². The van der Waals surface area contributed by atoms with Gasteiger partial charge in [-0.25, -0.2) is 16.8 Å². The molecule has 0 spiro atoms. The summed E-state index contributed by atoms with van der Waals surface area (Å²) < 4.78 is 109. The Morgan fingerprint density at radius 2 is 0.556 bits per heavy atom. The predicted molar refractivity (Wildman–Crippen MR) is 201 cm³/mol. The van der Waals surface area contributed by atoms with Crippen molar-refractivity contribution in [2.45, 2.75) is 49.8 Å². The minimum Gasteiger partial charge on any atom is -0.492 e. The van der Waals surface area contributed by atoms with Crippen molar-refractivity contribution >= 4 is 20.0 Å². The monoisotopic (exact) mass is 786 g/mol. The summed E-state index contributed by atoms with van der Waals surface area (Å²) in [5.74, 6) is 0.904. The van der Waals surface area contributed by atoms with Crippen molar-refractivity contribution in [3.63, 3.8) is 0 Å². The number of methoxy groups -OCH3 is 8. The fraction of sp³-hybridized carbons (Fsp3) is 0.368. The first-order valence-electron chi connectivity index (χ1n) is 16.7. The second kappa shape index (κ2) is 16.2. The maximum Gasteiger partial charge on any atom is 0.243 e. The molecule has 4 aromatic rings. The molecule has 4 heterocycles. The first kappa shape index (κ1) is 40.3. The number of ether oxygens (including phenoxy) is 8. The summed E-state index contributed by atoms with van der Waals surface area (Å²) in [6.07, 6.45) is 0. The molecule has 0 radical (unpaired) electrons. The summed E-state index contributed by atoms with van der Waals surface area (Å²) in [5, 5.41) is 0. The Kier molecular flexibility index (Phi) is 12.1. The van der Waals surface area contributed by atoms with Crippen LogP contribution in [0.2, 0.25) is 0 Å². The molecule has 0 unspecified atom stereocenters. The zero-order valence-corrected chi connectivity index (χ0v) is 33.7. The maximum absolute atomic E-state index is 14.7. The molecule has 4 aromatic carbocycles. The van der Waals surface area contributed by atoms with Gasteiger partial charge in [-0.2, -0.15) is 8.61 Å². The molecule has 4 aliphatic heterocycles. The van der Waals surface area contributed by atoms with Gasteiger partial charge in [0.2, 0.25) is 20.0 Å². The average molecular weight is 787 g/mol. The standard InChI is InChI=1S/C38H46N2O12S2/c1-23-11-15-25(16-12-23)53(41,42)39-19-27-31(45-3)35(49-7)29(36(50-8)32(27)46-4)21-40(54(43,44)26-17-13-24(2)14-18-26)22-30-37(51-9)33(47-5)28(20-39)34(48-6)38(30)52-10/h11-18H,19-22H2,1-10H3. The topological polar surface area (TPSA) is 149 Å². The van der Waals surface area contributed by atoms with Gasteiger partial charge in [-0.3, -0.25) is 0 Å². The Bertz CT molecular complexity index is 1920. The molecule has 0 amide bonds. The summed E-state index contributed by atoms with van der Waals surface area (Å²) in [7, 11) is 2.61. The predicted octanol–water partition coefficient (Wildman–Crippen LogP) is 5.47. The van der Waals surface area contributed by atoms with E-state index in [0.29, 0.717) is 0 Å². The summed E-state index contributed by atoms with van der Waals surface area (Å²) in [5.41, 5.74) is 2.71. The molecule has 0 saturated heterocycles. The van der Waals surface area contributed by atoms with Crippen molar-refractivity contribution in [3.05, 3.63) is 81.9 Å². The van der Waals surface area contributed by atoms with E-state index in [4.69, 9.17) is 37.9 Å². The van der Waals surface area contributed by atoms with Gasteiger partial charge < -0.3 is 37.9 Å². The van der Waals surface area contributed by atoms with Crippen molar-refractivity contribution in [1.82, 2.24) is 8.61 Å². The Morgan fingerprint density at radius 3 is 0.722 bits per heavy atom. The minimum absolute atomic E-state index is 0.0214. The molecule has 8 rings (SSSR count). The van der Waals surface area contributed by atoms with Crippen molar-refractivity contribution in [2.24, 2.45) is 0 Å². The third kappa shape index (κ3) is 7.06. The molecule has 292 valence electrons. The number of hydrogen-bond donors (Lipinski definition) is 0. The van der Waals surface area contributed by atoms with Gasteiger partial charge in [-0.05, 0) is 38.1 Å². The number of benzene rings is 4. The summed E-state index contributed by atoms with van der Waals surface area (Å²) in [6, 6.07) is 12.9. The quantitative estimate of drug-likeness (QED) is 0.179. The number of hydrogen-bond acceptors (Lipinski definition) is 12. The van der Waals surface area contributed by atoms with Crippen LogP contribution in [0.25, 0.3) is 0 Å². The summed E-state index contributed by atoms with van der Waals surface area (Å²) in [6.45, 7) is 2.33. The van der Waals surface area contributed by atoms with Gasteiger partial charge in [0.1, 0.15) is 0 Å². The smallest absolute Gasteiger partial charge is 0.243 e. The first-order chi connectivity index (χ1) is 25.8. The van der Waals surface area contributed by atoms with Gasteiger partial charge in [0.15, 0.2) is 46.0 Å². The lowest BCUT2D eigenvalue weighted by Crippen LogP contribution is -2.33. The van der Waals surface area contributed by atoms with E-state index in [-0.39, 0.29) is 104 Å². The lowest BCUT2D eigenvalue weighted by molar-refractivity contribution is 0.283. The van der Waals surface area contributed by atoms with Crippen LogP contribution < -0.4 is 37.9 Å². The summed E-state index contributed by atoms with van der Waals surface area (Å²) in [4.78, 5) is 0.0428. The molecule has 14 nitrogen and oxygen atoms in total. The van der Waals surface area contributed by atoms with E-state index >= 15 is 0 Å². The van der Waals surface area contributed by atoms with E-state index < -0.39 is 20.0 Å². The lowest BCUT2D eigenvalue weighted by atomic mass is 10.0. The minimum atomic E-state index is -4.31. The SMILES string of the molecule is COc1c2c(OC)c(OC)c(c1OC)CN(S(=O)(=O)c1ccc(C)cc1)Cc1c(OC)c(OC)c(c(OC)c1OC)CN(S(=O)(=O)c1ccc(C)cc1)C2. The van der Waals surface area contributed by atoms with Crippen molar-refractivity contribution in [1.29, 1.82) is 0 Å². The zero-order chi connectivity index (χ0) is 39.5. The van der Waals surface area contributed by atoms with Gasteiger partial charge in [-0.1, -0.05) is 35.4 Å². The van der Waals surface area contributed by atoms with Crippen LogP contribution in [0, 0.1) is 13.8 Å². The summed E-state index contributed by atoms with van der Waals surface area (Å²) >= 11 is 0. The molecule has 4 aliphatic rings. The van der Waals surface area contributed by atoms with Crippen LogP contribution in [-0.2, 0) is 46.2 Å². The fourth-order valence-electron chi connectivity index (χ4n) is 6.69. The number of rotatable bonds is 12. The molecule has 0 aromatic heterocycles. The van der Waals surface area contributed by atoms with Gasteiger partial charge >= 0.3 is 0 Å². The van der Waals surface area contributed by atoms with Gasteiger partial charge in [0.05, 0.1) is 88.9 Å². The highest BCUT2D eigenvalue weighted by molar-refractivity contribution is 7.89. The van der Waals surface area contributed by atoms with Crippen LogP contribution in [0.15, 0.2) is 58.3 Å². The molecular weight excluding hydrogens is 741 g/mol. The van der Waals surface area contributed by atoms with Gasteiger partial charge in [0, 0.05) is 26.2 Å². The Balaban J connectivity index is 1.96. The van der Waals surface area contributed by atoms with Crippen LogP contribution in [-0.4, -0.2) is 82.3 Å². The third-order valence-electron chi connectivity index (χ3n) is 9.31. The first-order valence-corrected chi connectivity index (χ1v) is 19.5. The molecule has 0 fully saturated rings. The van der Waals surface area contributed by atoms with Gasteiger partial charge in [0.25, 0.3) is 0 Å². The van der Waals surface area contributed by atoms with E-state index in [1.807, 2.05) is 13.8 Å². The molecular formula is C38H46N2O12S2. The molecule has 0 N–H and O–H groups in total. The maximum atomic E-state index is 14.7. The van der Waals surface area contributed by atoms with E-state index in [1.54, 1.807) is 24.3 Å². The highest BCUT2D eigenvalue weighted by atomic mass is 32.2. The number of aryl methyl sites for hydroxylation is 2. The zero-order valence-electron chi connectivity index (χ0n) is 32.1. The number of sulfonamides is 2. The van der Waals surface area contributed by atoms with E-state index in [2.05, 4.69) is 0 Å². The third-order valence-corrected chi connectivity index (χ3v) is 12.9. The van der Waals surface area contributed by atoms with E-state index in [9.17, 15) is 16.8 Å². The average Bonchev–Trinajstić information content (AvgIpc) is 3.16. The van der Waals surface area contributed by atoms with Crippen molar-refractivity contribution in [3.8, 4) is 46.0 Å². The molecule has 4 bridgehead atoms. The largest absolute Gasteiger partial charge is 0.492 e. The fourth-order valence-corrected chi connectivity index (χ4v) is 9.44. The van der Waals surface area contributed by atoms with Gasteiger partial charge in [-0.15, -0.1) is 0 Å². The van der Waals surface area contributed by atoms with Crippen molar-refractivity contribution < 1.29 is 54.7 Å². The Morgan fingerprint density at radius 1 is 0.370 bits per heavy atom. The second-order valence-corrected chi connectivity index (χ2v) is 16.2. The van der Waals surface area contributed by atoms with Crippen LogP contribution in [0.3, 0.4) is 0 Å². The van der Waals surface area contributed by atoms with E-state index in [1.165, 1.54) is 89.8 Å². The Labute approximate surface area is 317 Å². The van der Waals surface area contributed by atoms with Crippen molar-refractivity contribution in [2.75, 3.05) is 56.9 Å². The van der Waals surface area contributed by atoms with Crippen LogP contribution in [0.5, 0.6) is 46.0 Å².